The Morgan fingerprint density at radius 2 is 2.38 bits per heavy atom. The molecule has 1 heterocycles. The van der Waals surface area contributed by atoms with Gasteiger partial charge in [0.2, 0.25) is 5.91 Å². The summed E-state index contributed by atoms with van der Waals surface area (Å²) in [5, 5.41) is 8.49. The fraction of sp³-hybridized carbons (Fsp3) is 0.750. The van der Waals surface area contributed by atoms with Gasteiger partial charge in [-0.1, -0.05) is 0 Å². The Labute approximate surface area is 76.5 Å². The number of amides is 1. The minimum absolute atomic E-state index is 0.109. The predicted octanol–water partition coefficient (Wildman–Crippen LogP) is -0.589. The monoisotopic (exact) mass is 186 g/mol. The quantitative estimate of drug-likeness (QED) is 0.614. The van der Waals surface area contributed by atoms with E-state index in [4.69, 9.17) is 10.8 Å². The average Bonchev–Trinajstić information content (AvgIpc) is 2.47. The lowest BCUT2D eigenvalue weighted by molar-refractivity contribution is -0.139. The zero-order valence-corrected chi connectivity index (χ0v) is 7.40. The van der Waals surface area contributed by atoms with Crippen molar-refractivity contribution < 1.29 is 14.7 Å². The molecule has 0 aromatic carbocycles. The van der Waals surface area contributed by atoms with Crippen LogP contribution in [0.1, 0.15) is 19.3 Å². The third-order valence-electron chi connectivity index (χ3n) is 2.20. The molecule has 1 fully saturated rings. The number of carbonyl (C=O) groups is 2. The van der Waals surface area contributed by atoms with Crippen molar-refractivity contribution in [3.05, 3.63) is 0 Å². The Kier molecular flexibility index (Phi) is 3.25. The van der Waals surface area contributed by atoms with Gasteiger partial charge in [0.15, 0.2) is 0 Å². The van der Waals surface area contributed by atoms with Gasteiger partial charge in [0.05, 0.1) is 0 Å². The van der Waals surface area contributed by atoms with Crippen LogP contribution in [0.15, 0.2) is 0 Å². The van der Waals surface area contributed by atoms with E-state index in [2.05, 4.69) is 0 Å². The Morgan fingerprint density at radius 1 is 1.69 bits per heavy atom. The molecule has 0 bridgehead atoms. The molecule has 13 heavy (non-hydrogen) atoms. The van der Waals surface area contributed by atoms with Crippen LogP contribution in [0.4, 0.5) is 0 Å². The van der Waals surface area contributed by atoms with E-state index >= 15 is 0 Å². The zero-order chi connectivity index (χ0) is 9.84. The van der Waals surface area contributed by atoms with Gasteiger partial charge in [-0.2, -0.15) is 0 Å². The van der Waals surface area contributed by atoms with Gasteiger partial charge >= 0.3 is 5.97 Å². The largest absolute Gasteiger partial charge is 0.480 e. The van der Waals surface area contributed by atoms with E-state index in [0.717, 1.165) is 13.0 Å². The fourth-order valence-electron chi connectivity index (χ4n) is 1.36. The van der Waals surface area contributed by atoms with E-state index in [1.165, 1.54) is 0 Å². The summed E-state index contributed by atoms with van der Waals surface area (Å²) in [7, 11) is 0. The van der Waals surface area contributed by atoms with Crippen LogP contribution in [0.5, 0.6) is 0 Å². The van der Waals surface area contributed by atoms with Crippen LogP contribution in [-0.4, -0.2) is 41.0 Å². The maximum Gasteiger partial charge on any atom is 0.320 e. The van der Waals surface area contributed by atoms with Gasteiger partial charge in [-0.05, 0) is 12.8 Å². The molecule has 0 aromatic heterocycles. The van der Waals surface area contributed by atoms with E-state index in [1.54, 1.807) is 4.90 Å². The minimum atomic E-state index is -1.01. The predicted molar refractivity (Wildman–Crippen MR) is 46.0 cm³/mol. The molecule has 1 aliphatic heterocycles. The highest BCUT2D eigenvalue weighted by molar-refractivity contribution is 5.78. The van der Waals surface area contributed by atoms with E-state index < -0.39 is 12.0 Å². The molecule has 5 heteroatoms. The molecule has 0 saturated carbocycles. The van der Waals surface area contributed by atoms with Gasteiger partial charge < -0.3 is 15.7 Å². The summed E-state index contributed by atoms with van der Waals surface area (Å²) in [5.74, 6) is -0.899. The lowest BCUT2D eigenvalue weighted by Crippen LogP contribution is -2.35. The molecule has 3 N–H and O–H groups in total. The zero-order valence-electron chi connectivity index (χ0n) is 7.40. The molecular weight excluding hydrogens is 172 g/mol. The summed E-state index contributed by atoms with van der Waals surface area (Å²) in [4.78, 5) is 23.1. The summed E-state index contributed by atoms with van der Waals surface area (Å²) >= 11 is 0. The highest BCUT2D eigenvalue weighted by Crippen LogP contribution is 2.09. The number of hydrogen-bond acceptors (Lipinski definition) is 3. The van der Waals surface area contributed by atoms with Crippen molar-refractivity contribution in [2.45, 2.75) is 25.3 Å². The maximum atomic E-state index is 11.1. The number of carbonyl (C=O) groups excluding carboxylic acids is 1. The molecule has 0 aliphatic carbocycles. The number of aliphatic carboxylic acids is 1. The highest BCUT2D eigenvalue weighted by Gasteiger charge is 2.21. The second-order valence-electron chi connectivity index (χ2n) is 3.22. The first-order chi connectivity index (χ1) is 6.11. The normalized spacial score (nSPS) is 19.2. The summed E-state index contributed by atoms with van der Waals surface area (Å²) in [6, 6.07) is -0.853. The van der Waals surface area contributed by atoms with Crippen LogP contribution in [0, 0.1) is 0 Å². The molecule has 1 rings (SSSR count). The van der Waals surface area contributed by atoms with E-state index in [9.17, 15) is 9.59 Å². The molecule has 1 aliphatic rings. The number of hydrogen-bond donors (Lipinski definition) is 2. The third kappa shape index (κ3) is 2.69. The number of carboxylic acids is 1. The first-order valence-electron chi connectivity index (χ1n) is 4.37. The lowest BCUT2D eigenvalue weighted by atomic mass is 10.2. The van der Waals surface area contributed by atoms with Gasteiger partial charge in [0, 0.05) is 19.5 Å². The number of likely N-dealkylation sites (tertiary alicyclic amines) is 1. The summed E-state index contributed by atoms with van der Waals surface area (Å²) in [5.41, 5.74) is 5.30. The van der Waals surface area contributed by atoms with Crippen LogP contribution in [0.25, 0.3) is 0 Å². The van der Waals surface area contributed by atoms with E-state index in [-0.39, 0.29) is 5.91 Å². The Balaban J connectivity index is 2.25. The van der Waals surface area contributed by atoms with Crippen molar-refractivity contribution in [1.29, 1.82) is 0 Å². The van der Waals surface area contributed by atoms with Crippen LogP contribution in [-0.2, 0) is 9.59 Å². The minimum Gasteiger partial charge on any atom is -0.480 e. The molecule has 1 atom stereocenters. The number of carboxylic acid groups (broad SMARTS) is 1. The number of nitrogens with two attached hydrogens (primary N) is 1. The van der Waals surface area contributed by atoms with E-state index in [1.807, 2.05) is 0 Å². The van der Waals surface area contributed by atoms with Crippen molar-refractivity contribution in [2.24, 2.45) is 5.73 Å². The maximum absolute atomic E-state index is 11.1. The van der Waals surface area contributed by atoms with Crippen molar-refractivity contribution in [3.8, 4) is 0 Å². The molecule has 0 aromatic rings. The van der Waals surface area contributed by atoms with E-state index in [0.29, 0.717) is 19.4 Å². The average molecular weight is 186 g/mol. The van der Waals surface area contributed by atoms with Gasteiger partial charge in [-0.25, -0.2) is 0 Å². The topological polar surface area (TPSA) is 83.6 Å². The first-order valence-corrected chi connectivity index (χ1v) is 4.37. The molecule has 0 radical (unpaired) electrons. The smallest absolute Gasteiger partial charge is 0.320 e. The second-order valence-corrected chi connectivity index (χ2v) is 3.22. The van der Waals surface area contributed by atoms with Crippen LogP contribution < -0.4 is 5.73 Å². The summed E-state index contributed by atoms with van der Waals surface area (Å²) in [6.45, 7) is 1.21. The fourth-order valence-corrected chi connectivity index (χ4v) is 1.36. The molecular formula is C8H14N2O3. The SMILES string of the molecule is NC(CCN1CCCC1=O)C(=O)O. The molecule has 74 valence electrons. The highest BCUT2D eigenvalue weighted by atomic mass is 16.4. The summed E-state index contributed by atoms with van der Waals surface area (Å²) in [6.07, 6.45) is 1.80. The van der Waals surface area contributed by atoms with Crippen molar-refractivity contribution >= 4 is 11.9 Å². The number of nitrogens with zero attached hydrogens (tertiary/aromatic N) is 1. The van der Waals surface area contributed by atoms with Crippen molar-refractivity contribution in [3.63, 3.8) is 0 Å². The Bertz CT molecular complexity index is 217. The van der Waals surface area contributed by atoms with Gasteiger partial charge in [-0.15, -0.1) is 0 Å². The van der Waals surface area contributed by atoms with Crippen LogP contribution in [0.3, 0.4) is 0 Å². The van der Waals surface area contributed by atoms with Crippen molar-refractivity contribution in [1.82, 2.24) is 4.90 Å². The Morgan fingerprint density at radius 3 is 2.85 bits per heavy atom. The van der Waals surface area contributed by atoms with Crippen LogP contribution in [0.2, 0.25) is 0 Å². The standard InChI is InChI=1S/C8H14N2O3/c9-6(8(12)13)3-5-10-4-1-2-7(10)11/h6H,1-5,9H2,(H,12,13). The first kappa shape index (κ1) is 9.98. The molecule has 1 amide bonds. The Hall–Kier alpha value is -1.10. The second kappa shape index (κ2) is 4.23. The van der Waals surface area contributed by atoms with Crippen molar-refractivity contribution in [2.75, 3.05) is 13.1 Å². The third-order valence-corrected chi connectivity index (χ3v) is 2.20. The van der Waals surface area contributed by atoms with Gasteiger partial charge in [0.25, 0.3) is 0 Å². The number of rotatable bonds is 4. The molecule has 5 nitrogen and oxygen atoms in total. The summed E-state index contributed by atoms with van der Waals surface area (Å²) < 4.78 is 0. The van der Waals surface area contributed by atoms with Crippen LogP contribution >= 0.6 is 0 Å². The van der Waals surface area contributed by atoms with Gasteiger partial charge in [-0.3, -0.25) is 9.59 Å². The molecule has 1 unspecified atom stereocenters. The molecule has 0 spiro atoms. The molecule has 1 saturated heterocycles. The van der Waals surface area contributed by atoms with Gasteiger partial charge in [0.1, 0.15) is 6.04 Å². The lowest BCUT2D eigenvalue weighted by Gasteiger charge is -2.16.